The van der Waals surface area contributed by atoms with Crippen LogP contribution < -0.4 is 17.2 Å². The number of allylic oxidation sites excluding steroid dienone is 4. The number of H-pyrrole nitrogens is 1. The molecule has 0 aliphatic heterocycles. The molecule has 0 spiro atoms. The molecule has 1 heterocycles. The van der Waals surface area contributed by atoms with Gasteiger partial charge in [-0.2, -0.15) is 0 Å². The second kappa shape index (κ2) is 40.1. The maximum Gasteiger partial charge on any atom is 0.330 e. The Hall–Kier alpha value is -9.53. The van der Waals surface area contributed by atoms with Crippen molar-refractivity contribution in [3.8, 4) is 0 Å². The van der Waals surface area contributed by atoms with Crippen LogP contribution in [0, 0.1) is 88.8 Å². The maximum atomic E-state index is 12.3. The summed E-state index contributed by atoms with van der Waals surface area (Å²) in [4.78, 5) is 62.0. The number of ether oxygens (including phenoxy) is 1. The number of benzene rings is 8. The lowest BCUT2D eigenvalue weighted by Crippen LogP contribution is -2.17. The summed E-state index contributed by atoms with van der Waals surface area (Å²) < 4.78 is 4.65. The van der Waals surface area contributed by atoms with Crippen LogP contribution in [0.15, 0.2) is 243 Å². The van der Waals surface area contributed by atoms with Crippen molar-refractivity contribution in [2.75, 3.05) is 24.3 Å². The van der Waals surface area contributed by atoms with E-state index in [9.17, 15) is 19.2 Å². The lowest BCUT2D eigenvalue weighted by molar-refractivity contribution is -0.135. The van der Waals surface area contributed by atoms with E-state index in [-0.39, 0.29) is 11.8 Å². The number of carboxylic acids is 2. The lowest BCUT2D eigenvalue weighted by atomic mass is 9.77. The fourth-order valence-electron chi connectivity index (χ4n) is 22.1. The van der Waals surface area contributed by atoms with E-state index in [1.807, 2.05) is 30.3 Å². The van der Waals surface area contributed by atoms with Crippen LogP contribution in [-0.2, 0) is 41.6 Å². The van der Waals surface area contributed by atoms with E-state index < -0.39 is 11.9 Å². The number of nitrogens with two attached hydrogens (primary N) is 3. The van der Waals surface area contributed by atoms with Crippen molar-refractivity contribution in [2.24, 2.45) is 88.8 Å². The highest BCUT2D eigenvalue weighted by atomic mass is 35.5. The van der Waals surface area contributed by atoms with Crippen LogP contribution in [0.25, 0.3) is 11.0 Å². The van der Waals surface area contributed by atoms with Crippen molar-refractivity contribution in [1.82, 2.24) is 9.97 Å². The number of carboxylic acid groups (broad SMARTS) is 2. The zero-order valence-electron chi connectivity index (χ0n) is 66.6. The molecule has 0 radical (unpaired) electrons. The molecule has 8 aromatic carbocycles. The van der Waals surface area contributed by atoms with Crippen molar-refractivity contribution in [2.45, 2.75) is 152 Å². The third-order valence-electron chi connectivity index (χ3n) is 27.4. The summed E-state index contributed by atoms with van der Waals surface area (Å²) in [6, 6.07) is 70.6. The number of aromatic nitrogens is 2. The van der Waals surface area contributed by atoms with E-state index in [1.54, 1.807) is 48.0 Å². The minimum Gasteiger partial charge on any atom is -0.481 e. The monoisotopic (exact) mass is 1620 g/mol. The fourth-order valence-corrected chi connectivity index (χ4v) is 22.7. The Bertz CT molecular complexity index is 4850. The molecule has 10 bridgehead atoms. The molecule has 0 amide bonds. The summed E-state index contributed by atoms with van der Waals surface area (Å²) in [6.45, 7) is 1.08. The van der Waals surface area contributed by atoms with Gasteiger partial charge in [-0.25, -0.2) is 14.6 Å². The number of hydrogen-bond donors (Lipinski definition) is 6. The van der Waals surface area contributed by atoms with E-state index in [0.717, 1.165) is 125 Å². The molecule has 16 heteroatoms. The number of fused-ring (bicyclic) bond motifs is 11. The summed E-state index contributed by atoms with van der Waals surface area (Å²) in [5.74, 6) is 13.6. The average molecular weight is 1620 g/mol. The molecule has 1 aromatic heterocycles. The molecule has 10 fully saturated rings. The minimum atomic E-state index is -0.833. The van der Waals surface area contributed by atoms with Gasteiger partial charge in [0.15, 0.2) is 5.78 Å². The number of imidazole rings is 1. The summed E-state index contributed by atoms with van der Waals surface area (Å²) in [5.41, 5.74) is 28.9. The topological polar surface area (TPSA) is 242 Å². The summed E-state index contributed by atoms with van der Waals surface area (Å²) >= 11 is 17.6. The molecule has 0 saturated heterocycles. The van der Waals surface area contributed by atoms with Crippen molar-refractivity contribution in [3.63, 3.8) is 0 Å². The number of carbonyl (C=O) groups is 5. The van der Waals surface area contributed by atoms with Crippen molar-refractivity contribution >= 4 is 92.9 Å². The molecule has 606 valence electrons. The summed E-state index contributed by atoms with van der Waals surface area (Å²) in [5, 5.41) is 18.1. The predicted octanol–water partition coefficient (Wildman–Crippen LogP) is 23.0. The third-order valence-corrected chi connectivity index (χ3v) is 28.1. The Labute approximate surface area is 699 Å². The quantitative estimate of drug-likeness (QED) is 0.0216. The highest BCUT2D eigenvalue weighted by molar-refractivity contribution is 6.31. The molecule has 9 aromatic rings. The summed E-state index contributed by atoms with van der Waals surface area (Å²) in [6.07, 6.45) is 33.7. The van der Waals surface area contributed by atoms with Gasteiger partial charge in [0.2, 0.25) is 0 Å². The van der Waals surface area contributed by atoms with Gasteiger partial charge in [0.1, 0.15) is 12.1 Å². The predicted molar refractivity (Wildman–Crippen MR) is 468 cm³/mol. The van der Waals surface area contributed by atoms with E-state index in [2.05, 4.69) is 174 Å². The average Bonchev–Trinajstić information content (AvgIpc) is 1.65. The SMILES string of the molecule is CC(=O)O.COC(=O)/C=C/C1CC2CC1CC2c1ccccc1.Clc1ccc2nc(CCC3CC4CC3CC4c3ccccc3)[nH]c2c1.Nc1cc(Cl)ccc1CC(=O)/C=C/C1CC2CC1CC2c1ccccc1.Nc1ccc(Cl)cc1N.O=C(O)/C=C/C1CC2CC1CC2c1ccccc1.O=CC1CC2CC1CC2c1ccccc1. The molecule has 116 heavy (non-hydrogen) atoms. The van der Waals surface area contributed by atoms with Gasteiger partial charge in [0.25, 0.3) is 5.97 Å². The van der Waals surface area contributed by atoms with Crippen molar-refractivity contribution in [3.05, 3.63) is 297 Å². The molecule has 20 atom stereocenters. The second-order valence-corrected chi connectivity index (χ2v) is 35.7. The standard InChI is InChI=1S/C23H24ClNO.C22H23ClN2.C17H20O2.C16H18O2.C14H16O.C6H7ClN2.C2H4O2/c24-20-8-6-17(23(25)14-20)12-21(26)9-7-16-10-19-11-18(16)13-22(19)15-4-2-1-3-5-15;23-18-7-8-20-21(13-18)25-22(24-20)9-6-15-10-17-11-16(15)12-19(17)14-4-2-1-3-5-14;1-19-17(18)8-7-13-9-15-10-14(13)11-16(15)12-5-3-2-4-6-12;17-16(18)7-6-12-8-14-9-13(12)10-15(14)11-4-2-1-3-5-11;15-9-13-7-12-6-11(13)8-14(12)10-4-2-1-3-5-10;7-4-1-2-5(8)6(9)3-4;1-2(3)4/h1-9,14,16,18-19,22H,10-13,25H2;1-5,7-8,13,15-17,19H,6,9-12H2,(H,24,25);2-8,13-16H,9-11H2,1H3;1-7,12-15H,8-10H2,(H,17,18);1-5,9,11-14H,6-8H2;1-3H,8-9H2;1H3,(H,3,4)/b9-7+;;8-7+;7-6+;;;. The van der Waals surface area contributed by atoms with Gasteiger partial charge >= 0.3 is 11.9 Å². The van der Waals surface area contributed by atoms with Crippen molar-refractivity contribution < 1.29 is 38.9 Å². The first-order valence-corrected chi connectivity index (χ1v) is 43.1. The van der Waals surface area contributed by atoms with Crippen LogP contribution >= 0.6 is 34.8 Å². The first kappa shape index (κ1) is 84.4. The normalized spacial score (nSPS) is 28.7. The van der Waals surface area contributed by atoms with Gasteiger partial charge in [-0.15, -0.1) is 0 Å². The first-order chi connectivity index (χ1) is 56.2. The molecule has 10 aliphatic rings. The number of methoxy groups -OCH3 is 1. The number of hydrogen-bond acceptors (Lipinski definition) is 10. The Morgan fingerprint density at radius 3 is 1.17 bits per heavy atom. The highest BCUT2D eigenvalue weighted by Crippen LogP contribution is 2.60. The molecular weight excluding hydrogens is 1510 g/mol. The number of nitrogens with zero attached hydrogens (tertiary/aromatic N) is 1. The van der Waals surface area contributed by atoms with Gasteiger partial charge in [-0.05, 0) is 303 Å². The van der Waals surface area contributed by atoms with E-state index in [1.165, 1.54) is 132 Å². The van der Waals surface area contributed by atoms with Gasteiger partial charge < -0.3 is 41.9 Å². The number of halogens is 3. The van der Waals surface area contributed by atoms with Crippen molar-refractivity contribution in [1.29, 1.82) is 0 Å². The number of nitrogen functional groups attached to an aromatic ring is 3. The molecule has 19 rings (SSSR count). The molecule has 9 N–H and O–H groups in total. The number of aldehydes is 1. The summed E-state index contributed by atoms with van der Waals surface area (Å²) in [7, 11) is 1.43. The van der Waals surface area contributed by atoms with Crippen LogP contribution in [0.5, 0.6) is 0 Å². The fraction of sp³-hybridized carbons (Fsp3) is 0.400. The van der Waals surface area contributed by atoms with Gasteiger partial charge in [0, 0.05) is 58.6 Å². The largest absolute Gasteiger partial charge is 0.481 e. The zero-order valence-corrected chi connectivity index (χ0v) is 68.9. The number of nitrogens with one attached hydrogen (secondary N) is 1. The molecule has 10 aliphatic carbocycles. The minimum absolute atomic E-state index is 0.112. The molecule has 20 unspecified atom stereocenters. The number of aryl methyl sites for hydroxylation is 1. The number of anilines is 3. The lowest BCUT2D eigenvalue weighted by Gasteiger charge is -2.28. The number of ketones is 1. The number of aliphatic carboxylic acids is 2. The van der Waals surface area contributed by atoms with Crippen LogP contribution in [0.3, 0.4) is 0 Å². The Kier molecular flexibility index (Phi) is 29.2. The van der Waals surface area contributed by atoms with Crippen LogP contribution in [0.1, 0.15) is 178 Å². The number of aromatic amines is 1. The Balaban J connectivity index is 0.000000123. The molecule has 13 nitrogen and oxygen atoms in total. The highest BCUT2D eigenvalue weighted by Gasteiger charge is 2.50. The maximum absolute atomic E-state index is 12.3. The number of esters is 1. The van der Waals surface area contributed by atoms with Crippen LogP contribution in [0.4, 0.5) is 17.1 Å². The first-order valence-electron chi connectivity index (χ1n) is 42.0. The van der Waals surface area contributed by atoms with Crippen LogP contribution in [-0.4, -0.2) is 57.3 Å². The van der Waals surface area contributed by atoms with E-state index in [4.69, 9.17) is 72.0 Å². The Morgan fingerprint density at radius 1 is 0.431 bits per heavy atom. The zero-order chi connectivity index (χ0) is 81.4. The second-order valence-electron chi connectivity index (χ2n) is 34.4. The van der Waals surface area contributed by atoms with Gasteiger partial charge in [-0.1, -0.05) is 211 Å². The molecular formula is C100H112Cl3N5O8. The van der Waals surface area contributed by atoms with Crippen LogP contribution in [0.2, 0.25) is 15.1 Å². The smallest absolute Gasteiger partial charge is 0.330 e. The number of rotatable bonds is 17. The third kappa shape index (κ3) is 22.0. The number of carbonyl (C=O) groups excluding carboxylic acids is 3. The van der Waals surface area contributed by atoms with E-state index in [0.29, 0.717) is 80.9 Å². The van der Waals surface area contributed by atoms with Gasteiger partial charge in [-0.3, -0.25) is 9.59 Å². The molecule has 10 saturated carbocycles. The van der Waals surface area contributed by atoms with E-state index >= 15 is 0 Å². The Morgan fingerprint density at radius 2 is 0.802 bits per heavy atom. The van der Waals surface area contributed by atoms with Gasteiger partial charge in [0.05, 0.1) is 29.5 Å².